The number of aryl methyl sites for hydroxylation is 1. The van der Waals surface area contributed by atoms with Gasteiger partial charge in [-0.3, -0.25) is 4.79 Å². The van der Waals surface area contributed by atoms with Crippen molar-refractivity contribution in [2.75, 3.05) is 24.5 Å². The van der Waals surface area contributed by atoms with Crippen LogP contribution >= 0.6 is 11.5 Å². The lowest BCUT2D eigenvalue weighted by Crippen LogP contribution is -2.54. The van der Waals surface area contributed by atoms with Crippen molar-refractivity contribution in [1.82, 2.24) is 14.3 Å². The molecular formula is C22H24N4OS. The van der Waals surface area contributed by atoms with Crippen LogP contribution in [0.25, 0.3) is 0 Å². The molecule has 1 atom stereocenters. The molecule has 0 spiro atoms. The van der Waals surface area contributed by atoms with Gasteiger partial charge in [-0.25, -0.2) is 4.98 Å². The van der Waals surface area contributed by atoms with E-state index in [9.17, 15) is 4.79 Å². The van der Waals surface area contributed by atoms with E-state index in [1.807, 2.05) is 35.2 Å². The van der Waals surface area contributed by atoms with Gasteiger partial charge in [-0.15, -0.1) is 0 Å². The fourth-order valence-electron chi connectivity index (χ4n) is 3.51. The van der Waals surface area contributed by atoms with Gasteiger partial charge < -0.3 is 9.80 Å². The smallest absolute Gasteiger partial charge is 0.254 e. The zero-order valence-electron chi connectivity index (χ0n) is 16.2. The molecule has 1 unspecified atom stereocenters. The van der Waals surface area contributed by atoms with Gasteiger partial charge in [-0.05, 0) is 31.5 Å². The summed E-state index contributed by atoms with van der Waals surface area (Å²) in [6.07, 6.45) is 0.749. The minimum Gasteiger partial charge on any atom is -0.343 e. The monoisotopic (exact) mass is 392 g/mol. The summed E-state index contributed by atoms with van der Waals surface area (Å²) in [5.41, 5.74) is 3.23. The van der Waals surface area contributed by atoms with Crippen LogP contribution in [0, 0.1) is 6.92 Å². The van der Waals surface area contributed by atoms with E-state index in [-0.39, 0.29) is 11.9 Å². The van der Waals surface area contributed by atoms with Crippen LogP contribution in [0.4, 0.5) is 5.13 Å². The largest absolute Gasteiger partial charge is 0.343 e. The van der Waals surface area contributed by atoms with Gasteiger partial charge in [-0.2, -0.15) is 4.37 Å². The summed E-state index contributed by atoms with van der Waals surface area (Å²) >= 11 is 1.45. The number of piperazine rings is 1. The molecule has 28 heavy (non-hydrogen) atoms. The number of amides is 1. The maximum Gasteiger partial charge on any atom is 0.254 e. The van der Waals surface area contributed by atoms with E-state index in [1.54, 1.807) is 0 Å². The van der Waals surface area contributed by atoms with Gasteiger partial charge in [-0.1, -0.05) is 48.0 Å². The summed E-state index contributed by atoms with van der Waals surface area (Å²) in [4.78, 5) is 21.7. The lowest BCUT2D eigenvalue weighted by atomic mass is 10.1. The molecule has 2 heterocycles. The predicted molar refractivity (Wildman–Crippen MR) is 113 cm³/mol. The van der Waals surface area contributed by atoms with E-state index < -0.39 is 0 Å². The molecule has 4 rings (SSSR count). The molecular weight excluding hydrogens is 368 g/mol. The number of carbonyl (C=O) groups excluding carboxylic acids is 1. The van der Waals surface area contributed by atoms with Crippen LogP contribution in [-0.4, -0.2) is 45.8 Å². The molecule has 0 N–H and O–H groups in total. The summed E-state index contributed by atoms with van der Waals surface area (Å²) in [6.45, 7) is 6.44. The maximum atomic E-state index is 12.8. The average Bonchev–Trinajstić information content (AvgIpc) is 3.18. The fraction of sp³-hybridized carbons (Fsp3) is 0.318. The van der Waals surface area contributed by atoms with Crippen LogP contribution in [0.15, 0.2) is 54.6 Å². The topological polar surface area (TPSA) is 49.3 Å². The number of hydrogen-bond acceptors (Lipinski definition) is 5. The molecule has 2 aromatic carbocycles. The van der Waals surface area contributed by atoms with Gasteiger partial charge in [0, 0.05) is 49.2 Å². The van der Waals surface area contributed by atoms with E-state index in [0.29, 0.717) is 6.54 Å². The highest BCUT2D eigenvalue weighted by Gasteiger charge is 2.29. The molecule has 1 fully saturated rings. The molecule has 0 aliphatic carbocycles. The standard InChI is InChI=1S/C22H24N4OS/c1-16-8-10-18(11-9-16)14-20-23-22(28-24-20)25-12-13-26(17(2)15-25)21(27)19-6-4-3-5-7-19/h3-11,17H,12-15H2,1-2H3. The van der Waals surface area contributed by atoms with Gasteiger partial charge in [0.25, 0.3) is 5.91 Å². The van der Waals surface area contributed by atoms with E-state index in [0.717, 1.165) is 36.0 Å². The Morgan fingerprint density at radius 1 is 1.11 bits per heavy atom. The molecule has 144 valence electrons. The molecule has 0 bridgehead atoms. The first kappa shape index (κ1) is 18.6. The molecule has 3 aromatic rings. The average molecular weight is 393 g/mol. The molecule has 1 saturated heterocycles. The van der Waals surface area contributed by atoms with Crippen LogP contribution < -0.4 is 4.90 Å². The van der Waals surface area contributed by atoms with Gasteiger partial charge in [0.2, 0.25) is 5.13 Å². The zero-order valence-corrected chi connectivity index (χ0v) is 17.0. The van der Waals surface area contributed by atoms with E-state index in [1.165, 1.54) is 22.7 Å². The molecule has 1 aliphatic heterocycles. The number of nitrogens with zero attached hydrogens (tertiary/aromatic N) is 4. The Labute approximate surface area is 169 Å². The van der Waals surface area contributed by atoms with Crippen molar-refractivity contribution in [3.8, 4) is 0 Å². The molecule has 0 radical (unpaired) electrons. The number of aromatic nitrogens is 2. The highest BCUT2D eigenvalue weighted by Crippen LogP contribution is 2.23. The van der Waals surface area contributed by atoms with Gasteiger partial charge in [0.15, 0.2) is 0 Å². The number of anilines is 1. The van der Waals surface area contributed by atoms with Crippen LogP contribution in [0.1, 0.15) is 34.2 Å². The first-order valence-corrected chi connectivity index (χ1v) is 10.4. The molecule has 5 nitrogen and oxygen atoms in total. The zero-order chi connectivity index (χ0) is 19.5. The van der Waals surface area contributed by atoms with Crippen molar-refractivity contribution >= 4 is 22.6 Å². The Bertz CT molecular complexity index is 939. The second-order valence-corrected chi connectivity index (χ2v) is 8.05. The minimum absolute atomic E-state index is 0.102. The van der Waals surface area contributed by atoms with Crippen LogP contribution in [0.3, 0.4) is 0 Å². The van der Waals surface area contributed by atoms with Gasteiger partial charge in [0.1, 0.15) is 5.82 Å². The number of benzene rings is 2. The van der Waals surface area contributed by atoms with Crippen molar-refractivity contribution in [2.45, 2.75) is 26.3 Å². The predicted octanol–water partition coefficient (Wildman–Crippen LogP) is 3.79. The van der Waals surface area contributed by atoms with Crippen LogP contribution in [0.2, 0.25) is 0 Å². The maximum absolute atomic E-state index is 12.8. The summed E-state index contributed by atoms with van der Waals surface area (Å²) in [6, 6.07) is 18.1. The summed E-state index contributed by atoms with van der Waals surface area (Å²) < 4.78 is 4.54. The number of hydrogen-bond donors (Lipinski definition) is 0. The lowest BCUT2D eigenvalue weighted by molar-refractivity contribution is 0.0674. The van der Waals surface area contributed by atoms with Crippen LogP contribution in [0.5, 0.6) is 0 Å². The van der Waals surface area contributed by atoms with Crippen molar-refractivity contribution in [3.05, 3.63) is 77.1 Å². The Balaban J connectivity index is 1.40. The molecule has 6 heteroatoms. The minimum atomic E-state index is 0.102. The number of carbonyl (C=O) groups is 1. The SMILES string of the molecule is Cc1ccc(Cc2nsc(N3CCN(C(=O)c4ccccc4)C(C)C3)n2)cc1. The third kappa shape index (κ3) is 4.07. The third-order valence-corrected chi connectivity index (χ3v) is 5.93. The van der Waals surface area contributed by atoms with E-state index >= 15 is 0 Å². The second-order valence-electron chi connectivity index (χ2n) is 7.32. The van der Waals surface area contributed by atoms with Crippen molar-refractivity contribution in [3.63, 3.8) is 0 Å². The third-order valence-electron chi connectivity index (χ3n) is 5.12. The molecule has 0 saturated carbocycles. The highest BCUT2D eigenvalue weighted by molar-refractivity contribution is 7.09. The van der Waals surface area contributed by atoms with E-state index in [4.69, 9.17) is 4.98 Å². The Morgan fingerprint density at radius 3 is 2.57 bits per heavy atom. The first-order valence-electron chi connectivity index (χ1n) is 9.59. The second kappa shape index (κ2) is 8.10. The fourth-order valence-corrected chi connectivity index (χ4v) is 4.23. The van der Waals surface area contributed by atoms with E-state index in [2.05, 4.69) is 47.4 Å². The lowest BCUT2D eigenvalue weighted by Gasteiger charge is -2.39. The summed E-state index contributed by atoms with van der Waals surface area (Å²) in [7, 11) is 0. The quantitative estimate of drug-likeness (QED) is 0.678. The highest BCUT2D eigenvalue weighted by atomic mass is 32.1. The van der Waals surface area contributed by atoms with Crippen molar-refractivity contribution in [2.24, 2.45) is 0 Å². The van der Waals surface area contributed by atoms with Gasteiger partial charge >= 0.3 is 0 Å². The van der Waals surface area contributed by atoms with Crippen molar-refractivity contribution in [1.29, 1.82) is 0 Å². The van der Waals surface area contributed by atoms with Gasteiger partial charge in [0.05, 0.1) is 0 Å². The summed E-state index contributed by atoms with van der Waals surface area (Å²) in [5, 5.41) is 0.945. The number of rotatable bonds is 4. The van der Waals surface area contributed by atoms with Crippen molar-refractivity contribution < 1.29 is 4.79 Å². The molecule has 1 amide bonds. The molecule has 1 aliphatic rings. The van der Waals surface area contributed by atoms with Crippen LogP contribution in [-0.2, 0) is 6.42 Å². The Morgan fingerprint density at radius 2 is 1.86 bits per heavy atom. The Hall–Kier alpha value is -2.73. The summed E-state index contributed by atoms with van der Waals surface area (Å²) in [5.74, 6) is 0.962. The molecule has 1 aromatic heterocycles. The normalized spacial score (nSPS) is 17.0. The Kier molecular flexibility index (Phi) is 5.39. The first-order chi connectivity index (χ1) is 13.6.